The van der Waals surface area contributed by atoms with Crippen molar-refractivity contribution >= 4 is 175 Å². The molecule has 17 rings (SSSR count). The van der Waals surface area contributed by atoms with Gasteiger partial charge in [0.2, 0.25) is 81.3 Å². The molecule has 8 N–H and O–H groups in total. The first kappa shape index (κ1) is 108. The minimum absolute atomic E-state index is 0.0191. The number of nitrogens with zero attached hydrogens (tertiary/aromatic N) is 14. The summed E-state index contributed by atoms with van der Waals surface area (Å²) in [5, 5.41) is 41.6. The Bertz CT molecular complexity index is 6850. The Morgan fingerprint density at radius 1 is 0.411 bits per heavy atom. The van der Waals surface area contributed by atoms with Crippen molar-refractivity contribution in [3.63, 3.8) is 0 Å². The maximum atomic E-state index is 13.1. The number of benzene rings is 3. The zero-order chi connectivity index (χ0) is 103. The van der Waals surface area contributed by atoms with Gasteiger partial charge in [0.1, 0.15) is 61.4 Å². The van der Waals surface area contributed by atoms with E-state index < -0.39 is 70.2 Å². The van der Waals surface area contributed by atoms with Crippen molar-refractivity contribution in [2.75, 3.05) is 189 Å². The lowest BCUT2D eigenvalue weighted by Gasteiger charge is -2.37. The van der Waals surface area contributed by atoms with E-state index >= 15 is 0 Å². The Morgan fingerprint density at radius 2 is 0.702 bits per heavy atom. The number of pyridine rings is 7. The highest BCUT2D eigenvalue weighted by Crippen LogP contribution is 2.58. The van der Waals surface area contributed by atoms with E-state index in [-0.39, 0.29) is 132 Å². The van der Waals surface area contributed by atoms with Crippen molar-refractivity contribution in [2.45, 2.75) is 137 Å². The van der Waals surface area contributed by atoms with Crippen LogP contribution in [0.1, 0.15) is 102 Å². The molecule has 141 heavy (non-hydrogen) atoms. The third-order valence-corrected chi connectivity index (χ3v) is 29.5. The average Bonchev–Trinajstić information content (AvgIpc) is 1.53. The van der Waals surface area contributed by atoms with Crippen LogP contribution in [0.5, 0.6) is 23.5 Å². The third-order valence-electron chi connectivity index (χ3n) is 26.2. The van der Waals surface area contributed by atoms with Gasteiger partial charge in [0.25, 0.3) is 0 Å². The topological polar surface area (TPSA) is 485 Å². The monoisotopic (exact) mass is 2150 g/mol. The number of aliphatic hydroxyl groups is 4. The van der Waals surface area contributed by atoms with Crippen LogP contribution in [0, 0.1) is 0 Å². The number of sulfonamides is 4. The van der Waals surface area contributed by atoms with Crippen LogP contribution in [0.2, 0.25) is 0 Å². The molecule has 3 aromatic carbocycles. The van der Waals surface area contributed by atoms with Crippen molar-refractivity contribution in [2.24, 2.45) is 0 Å². The number of aliphatic hydroxyl groups excluding tert-OH is 4. The molecule has 11 heterocycles. The number of fused-ring (bicyclic) bond motifs is 12. The van der Waals surface area contributed by atoms with Gasteiger partial charge in [-0.3, -0.25) is 48.2 Å². The van der Waals surface area contributed by atoms with E-state index in [1.807, 2.05) is 138 Å². The number of hydrogen-bond acceptors (Lipinski definition) is 32. The van der Waals surface area contributed by atoms with Crippen LogP contribution in [0.15, 0.2) is 131 Å². The molecule has 4 unspecified atom stereocenters. The number of rotatable bonds is 31. The van der Waals surface area contributed by atoms with Crippen LogP contribution in [-0.2, 0) is 80.0 Å². The number of hydrogen-bond donors (Lipinski definition) is 8. The van der Waals surface area contributed by atoms with Gasteiger partial charge < -0.3 is 83.0 Å². The lowest BCUT2D eigenvalue weighted by atomic mass is 9.64. The van der Waals surface area contributed by atoms with Crippen molar-refractivity contribution < 1.29 is 96.7 Å². The number of aromatic nitrogens is 7. The summed E-state index contributed by atoms with van der Waals surface area (Å²) >= 11 is 6.43. The van der Waals surface area contributed by atoms with Gasteiger partial charge >= 0.3 is 7.12 Å². The van der Waals surface area contributed by atoms with E-state index in [4.69, 9.17) is 28.3 Å². The summed E-state index contributed by atoms with van der Waals surface area (Å²) in [7, 11) is 5.56. The van der Waals surface area contributed by atoms with Crippen molar-refractivity contribution in [1.29, 1.82) is 0 Å². The van der Waals surface area contributed by atoms with Gasteiger partial charge in [-0.25, -0.2) is 53.6 Å². The molecule has 3 saturated carbocycles. The number of nitrogens with one attached hydrogen (secondary N) is 4. The quantitative estimate of drug-likeness (QED) is 0.0188. The molecule has 39 nitrogen and oxygen atoms in total. The smallest absolute Gasteiger partial charge is 0.474 e. The molecule has 1 saturated heterocycles. The standard InChI is InChI=1S/2C26H31N5O5S.C21H25BN2O3.2C11H18BrN3O4S/c1-30(2)18(14-32)15-36-24-21(29-37(4,34)35)11-17(12-28-24)16-6-7-20-19(10-16)23-22(13-27-20)31(3)25(33)26(23)8-5-9-26;1-30(2)14-18(32)15-36-24-21(29-37(4,34)35)11-17(12-28-24)16-6-7-20-19(10-16)23-22(13-27-20)31(3)25(33)26(23)8-5-9-26;1-19(2)20(3,4)27-22(26-19)13-7-8-15-14(11-13)17-16(12-23-15)24(5)18(25)21(17)9-6-10-21;1-15(2)9(6-16)7-19-11-10(14-20(3,17)18)4-8(12)5-13-11;1-15(2)6-9(16)7-19-11-10(14-20(3,17)18)4-8(12)5-13-11/h2*6-7,10-13,18,29,32H,5,8-9,14-15H2,1-4H3;7-8,11-12H,6,9-10H2,1-5H3;2*4-5,9,14,16H,6-7H2,1-3H3. The molecule has 7 aliphatic rings. The lowest BCUT2D eigenvalue weighted by molar-refractivity contribution is -0.126. The Balaban J connectivity index is 0.000000152. The van der Waals surface area contributed by atoms with Crippen LogP contribution in [0.4, 0.5) is 39.8 Å². The summed E-state index contributed by atoms with van der Waals surface area (Å²) in [5.41, 5.74) is 11.1. The minimum atomic E-state index is -3.62. The molecule has 46 heteroatoms. The molecule has 3 spiro atoms. The van der Waals surface area contributed by atoms with Crippen molar-refractivity contribution in [3.8, 4) is 45.8 Å². The zero-order valence-corrected chi connectivity index (χ0v) is 88.8. The second kappa shape index (κ2) is 42.9. The van der Waals surface area contributed by atoms with Gasteiger partial charge in [0, 0.05) is 112 Å². The fourth-order valence-corrected chi connectivity index (χ4v) is 20.8. The summed E-state index contributed by atoms with van der Waals surface area (Å²) in [6, 6.07) is 23.8. The summed E-state index contributed by atoms with van der Waals surface area (Å²) in [4.78, 5) is 82.3. The van der Waals surface area contributed by atoms with Crippen molar-refractivity contribution in [3.05, 3.63) is 148 Å². The second-order valence-corrected chi connectivity index (χ2v) is 47.4. The number of carbonyl (C=O) groups excluding carboxylic acids is 3. The number of likely N-dealkylation sites (N-methyl/N-ethyl adjacent to an activating group) is 7. The molecule has 3 amide bonds. The first-order valence-corrected chi connectivity index (χ1v) is 54.7. The molecule has 760 valence electrons. The molecule has 4 aliphatic heterocycles. The van der Waals surface area contributed by atoms with Crippen LogP contribution < -0.4 is 58.0 Å². The highest BCUT2D eigenvalue weighted by atomic mass is 79.9. The molecule has 7 aromatic heterocycles. The predicted octanol–water partition coefficient (Wildman–Crippen LogP) is 8.70. The van der Waals surface area contributed by atoms with Crippen molar-refractivity contribution in [1.82, 2.24) is 54.5 Å². The largest absolute Gasteiger partial charge is 0.494 e. The van der Waals surface area contributed by atoms with Gasteiger partial charge in [0.05, 0.1) is 130 Å². The number of carbonyl (C=O) groups is 3. The summed E-state index contributed by atoms with van der Waals surface area (Å²) in [6.07, 6.45) is 22.6. The summed E-state index contributed by atoms with van der Waals surface area (Å²) in [5.74, 6) is 0.937. The minimum Gasteiger partial charge on any atom is -0.474 e. The van der Waals surface area contributed by atoms with Gasteiger partial charge in [-0.2, -0.15) is 0 Å². The van der Waals surface area contributed by atoms with Gasteiger partial charge in [-0.15, -0.1) is 0 Å². The number of anilines is 7. The van der Waals surface area contributed by atoms with E-state index in [0.717, 1.165) is 166 Å². The van der Waals surface area contributed by atoms with E-state index in [2.05, 4.69) is 119 Å². The summed E-state index contributed by atoms with van der Waals surface area (Å²) in [6.45, 7) is 9.18. The van der Waals surface area contributed by atoms with Crippen LogP contribution >= 0.6 is 31.9 Å². The van der Waals surface area contributed by atoms with Crippen LogP contribution in [-0.4, -0.2) is 324 Å². The van der Waals surface area contributed by atoms with Gasteiger partial charge in [-0.1, -0.05) is 43.5 Å². The Labute approximate surface area is 839 Å². The molecular formula is C95H123BBr2N18O21S4. The number of amides is 3. The average molecular weight is 2150 g/mol. The third kappa shape index (κ3) is 24.4. The maximum Gasteiger partial charge on any atom is 0.494 e. The molecule has 10 aromatic rings. The number of halogens is 2. The van der Waals surface area contributed by atoms with Gasteiger partial charge in [0.15, 0.2) is 0 Å². The Kier molecular flexibility index (Phi) is 32.9. The summed E-state index contributed by atoms with van der Waals surface area (Å²) < 4.78 is 139. The fraction of sp³-hybridized carbons (Fsp3) is 0.474. The second-order valence-electron chi connectivity index (χ2n) is 38.6. The molecule has 0 radical (unpaired) electrons. The molecule has 0 bridgehead atoms. The first-order chi connectivity index (χ1) is 66.1. The Morgan fingerprint density at radius 3 is 0.986 bits per heavy atom. The molecule has 4 fully saturated rings. The molecule has 3 aliphatic carbocycles. The van der Waals surface area contributed by atoms with Crippen LogP contribution in [0.25, 0.3) is 55.0 Å². The van der Waals surface area contributed by atoms with Gasteiger partial charge in [-0.05, 0) is 226 Å². The normalized spacial score (nSPS) is 17.5. The van der Waals surface area contributed by atoms with Crippen LogP contribution in [0.3, 0.4) is 0 Å². The molecule has 4 atom stereocenters. The number of ether oxygens (including phenoxy) is 4. The predicted molar refractivity (Wildman–Crippen MR) is 552 cm³/mol. The van der Waals surface area contributed by atoms with E-state index in [1.165, 1.54) is 12.4 Å². The molecular weight excluding hydrogens is 2030 g/mol. The fourth-order valence-electron chi connectivity index (χ4n) is 17.9. The highest BCUT2D eigenvalue weighted by Gasteiger charge is 2.58. The van der Waals surface area contributed by atoms with E-state index in [9.17, 15) is 68.5 Å². The van der Waals surface area contributed by atoms with E-state index in [1.54, 1.807) is 77.8 Å². The maximum absolute atomic E-state index is 13.1. The van der Waals surface area contributed by atoms with E-state index in [0.29, 0.717) is 33.2 Å². The Hall–Kier alpha value is -10.3. The lowest BCUT2D eigenvalue weighted by Crippen LogP contribution is -2.44. The first-order valence-electron chi connectivity index (χ1n) is 45.5. The zero-order valence-electron chi connectivity index (χ0n) is 82.3. The SMILES string of the molecule is CN(C)C(CO)COc1ncc(Br)cc1NS(C)(=O)=O.CN(C)CC(O)COc1ncc(-c2ccc3ncc4c(c3c2)C2(CCC2)C(=O)N4C)cc1NS(C)(=O)=O.CN(C)CC(O)COc1ncc(Br)cc1NS(C)(=O)=O.CN1C(=O)C2(CCC2)c2c1cnc1ccc(-c3cnc(OCC(CO)N(C)C)c(NS(C)(=O)=O)c3)cc21.CN1C(=O)C2(CCC2)c2c1cnc1ccc(B3OC(C)(C)C(C)(C)O3)cc21. The highest BCUT2D eigenvalue weighted by molar-refractivity contribution is 9.10.